The van der Waals surface area contributed by atoms with Gasteiger partial charge in [0.25, 0.3) is 0 Å². The molecule has 0 fully saturated rings. The molecule has 0 saturated carbocycles. The Bertz CT molecular complexity index is 586. The topological polar surface area (TPSA) is 77.0 Å². The van der Waals surface area contributed by atoms with Crippen molar-refractivity contribution in [3.8, 4) is 0 Å². The van der Waals surface area contributed by atoms with Crippen molar-refractivity contribution in [3.05, 3.63) is 24.5 Å². The summed E-state index contributed by atoms with van der Waals surface area (Å²) in [5.74, 6) is 0.564. The number of nitrogens with one attached hydrogen (secondary N) is 1. The van der Waals surface area contributed by atoms with E-state index in [2.05, 4.69) is 20.3 Å². The van der Waals surface area contributed by atoms with Crippen LogP contribution >= 0.6 is 0 Å². The molecule has 0 atom stereocenters. The number of ether oxygens (including phenoxy) is 1. The Morgan fingerprint density at radius 2 is 2.10 bits per heavy atom. The smallest absolute Gasteiger partial charge is 0.306 e. The maximum atomic E-state index is 11.4. The second-order valence-corrected chi connectivity index (χ2v) is 4.66. The number of rotatable bonds is 6. The third-order valence-corrected chi connectivity index (χ3v) is 2.56. The highest BCUT2D eigenvalue weighted by molar-refractivity contribution is 5.71. The molecule has 0 aliphatic carbocycles. The molecule has 2 rings (SSSR count). The number of fused-ring (bicyclic) bond motifs is 1. The van der Waals surface area contributed by atoms with Gasteiger partial charge in [0.15, 0.2) is 5.65 Å². The summed E-state index contributed by atoms with van der Waals surface area (Å²) in [6.07, 6.45) is 4.29. The number of pyridine rings is 1. The Labute approximate surface area is 117 Å². The van der Waals surface area contributed by atoms with Gasteiger partial charge in [0.2, 0.25) is 0 Å². The zero-order valence-electron chi connectivity index (χ0n) is 11.7. The molecule has 106 valence electrons. The van der Waals surface area contributed by atoms with Crippen LogP contribution in [-0.4, -0.2) is 33.6 Å². The van der Waals surface area contributed by atoms with Crippen molar-refractivity contribution in [3.63, 3.8) is 0 Å². The lowest BCUT2D eigenvalue weighted by Gasteiger charge is -2.08. The summed E-state index contributed by atoms with van der Waals surface area (Å²) in [7, 11) is 0. The van der Waals surface area contributed by atoms with Crippen LogP contribution in [0.3, 0.4) is 0 Å². The van der Waals surface area contributed by atoms with E-state index in [0.717, 1.165) is 11.3 Å². The van der Waals surface area contributed by atoms with Crippen LogP contribution in [0.2, 0.25) is 0 Å². The lowest BCUT2D eigenvalue weighted by Crippen LogP contribution is -2.13. The number of anilines is 1. The molecular weight excluding hydrogens is 256 g/mol. The van der Waals surface area contributed by atoms with Crippen molar-refractivity contribution >= 4 is 23.0 Å². The largest absolute Gasteiger partial charge is 0.463 e. The van der Waals surface area contributed by atoms with Crippen LogP contribution in [0.25, 0.3) is 11.2 Å². The highest BCUT2D eigenvalue weighted by Crippen LogP contribution is 2.10. The molecule has 6 heteroatoms. The summed E-state index contributed by atoms with van der Waals surface area (Å²) < 4.78 is 5.06. The summed E-state index contributed by atoms with van der Waals surface area (Å²) in [4.78, 5) is 24.0. The van der Waals surface area contributed by atoms with Gasteiger partial charge in [-0.15, -0.1) is 0 Å². The third kappa shape index (κ3) is 4.15. The average molecular weight is 274 g/mol. The van der Waals surface area contributed by atoms with Crippen molar-refractivity contribution in [1.29, 1.82) is 0 Å². The van der Waals surface area contributed by atoms with E-state index in [1.165, 1.54) is 0 Å². The van der Waals surface area contributed by atoms with Crippen molar-refractivity contribution in [2.75, 3.05) is 11.9 Å². The first-order valence-electron chi connectivity index (χ1n) is 6.66. The minimum atomic E-state index is -0.167. The van der Waals surface area contributed by atoms with Gasteiger partial charge in [0.1, 0.15) is 11.3 Å². The molecular formula is C14H18N4O2. The summed E-state index contributed by atoms with van der Waals surface area (Å²) in [5.41, 5.74) is 1.37. The van der Waals surface area contributed by atoms with Crippen LogP contribution in [0.15, 0.2) is 24.5 Å². The maximum absolute atomic E-state index is 11.4. The average Bonchev–Trinajstić information content (AvgIpc) is 2.43. The molecule has 20 heavy (non-hydrogen) atoms. The van der Waals surface area contributed by atoms with Gasteiger partial charge in [0.05, 0.1) is 6.10 Å². The predicted octanol–water partition coefficient (Wildman–Crippen LogP) is 2.17. The van der Waals surface area contributed by atoms with Crippen molar-refractivity contribution in [2.24, 2.45) is 0 Å². The fourth-order valence-electron chi connectivity index (χ4n) is 1.72. The van der Waals surface area contributed by atoms with Crippen LogP contribution in [0.1, 0.15) is 26.7 Å². The predicted molar refractivity (Wildman–Crippen MR) is 76.3 cm³/mol. The Balaban J connectivity index is 1.79. The third-order valence-electron chi connectivity index (χ3n) is 2.56. The Hall–Kier alpha value is -2.24. The zero-order valence-corrected chi connectivity index (χ0v) is 11.7. The number of carbonyl (C=O) groups is 1. The van der Waals surface area contributed by atoms with Gasteiger partial charge in [-0.1, -0.05) is 0 Å². The van der Waals surface area contributed by atoms with E-state index in [1.54, 1.807) is 12.4 Å². The van der Waals surface area contributed by atoms with Crippen molar-refractivity contribution < 1.29 is 9.53 Å². The molecule has 1 N–H and O–H groups in total. The minimum Gasteiger partial charge on any atom is -0.463 e. The normalized spacial score (nSPS) is 10.8. The van der Waals surface area contributed by atoms with Crippen LogP contribution < -0.4 is 5.32 Å². The summed E-state index contributed by atoms with van der Waals surface area (Å²) in [6.45, 7) is 4.35. The van der Waals surface area contributed by atoms with Crippen LogP contribution in [0.5, 0.6) is 0 Å². The molecule has 2 aromatic rings. The van der Waals surface area contributed by atoms with Crippen molar-refractivity contribution in [1.82, 2.24) is 15.0 Å². The van der Waals surface area contributed by atoms with Crippen molar-refractivity contribution in [2.45, 2.75) is 32.8 Å². The van der Waals surface area contributed by atoms with Gasteiger partial charge in [0, 0.05) is 25.4 Å². The van der Waals surface area contributed by atoms with E-state index in [-0.39, 0.29) is 12.1 Å². The van der Waals surface area contributed by atoms with Crippen LogP contribution in [-0.2, 0) is 9.53 Å². The van der Waals surface area contributed by atoms with Gasteiger partial charge in [-0.2, -0.15) is 0 Å². The highest BCUT2D eigenvalue weighted by Gasteiger charge is 2.05. The molecule has 0 radical (unpaired) electrons. The second-order valence-electron chi connectivity index (χ2n) is 4.66. The molecule has 2 heterocycles. The molecule has 0 aliphatic rings. The van der Waals surface area contributed by atoms with Crippen LogP contribution in [0.4, 0.5) is 5.82 Å². The van der Waals surface area contributed by atoms with E-state index in [0.29, 0.717) is 25.0 Å². The molecule has 6 nitrogen and oxygen atoms in total. The molecule has 0 amide bonds. The lowest BCUT2D eigenvalue weighted by molar-refractivity contribution is -0.147. The molecule has 0 unspecified atom stereocenters. The SMILES string of the molecule is CC(C)OC(=O)CCCNc1ccc2nccnc2n1. The van der Waals surface area contributed by atoms with Gasteiger partial charge in [-0.3, -0.25) is 9.78 Å². The first kappa shape index (κ1) is 14.2. The number of nitrogens with zero attached hydrogens (tertiary/aromatic N) is 3. The highest BCUT2D eigenvalue weighted by atomic mass is 16.5. The van der Waals surface area contributed by atoms with E-state index >= 15 is 0 Å². The second kappa shape index (κ2) is 6.79. The maximum Gasteiger partial charge on any atom is 0.306 e. The van der Waals surface area contributed by atoms with E-state index in [9.17, 15) is 4.79 Å². The lowest BCUT2D eigenvalue weighted by atomic mass is 10.3. The fourth-order valence-corrected chi connectivity index (χ4v) is 1.72. The number of hydrogen-bond donors (Lipinski definition) is 1. The standard InChI is InChI=1S/C14H18N4O2/c1-10(2)20-13(19)4-3-7-16-12-6-5-11-14(18-12)17-9-8-15-11/h5-6,8-10H,3-4,7H2,1-2H3,(H,16,17,18). The summed E-state index contributed by atoms with van der Waals surface area (Å²) in [6, 6.07) is 3.72. The molecule has 0 saturated heterocycles. The Morgan fingerprint density at radius 1 is 1.30 bits per heavy atom. The molecule has 0 bridgehead atoms. The molecule has 0 spiro atoms. The monoisotopic (exact) mass is 274 g/mol. The Morgan fingerprint density at radius 3 is 2.90 bits per heavy atom. The number of hydrogen-bond acceptors (Lipinski definition) is 6. The Kier molecular flexibility index (Phi) is 4.81. The van der Waals surface area contributed by atoms with Crippen LogP contribution in [0, 0.1) is 0 Å². The van der Waals surface area contributed by atoms with Gasteiger partial charge in [-0.05, 0) is 32.4 Å². The summed E-state index contributed by atoms with van der Waals surface area (Å²) in [5, 5.41) is 3.16. The van der Waals surface area contributed by atoms with E-state index in [1.807, 2.05) is 26.0 Å². The number of esters is 1. The zero-order chi connectivity index (χ0) is 14.4. The van der Waals surface area contributed by atoms with E-state index in [4.69, 9.17) is 4.74 Å². The summed E-state index contributed by atoms with van der Waals surface area (Å²) >= 11 is 0. The van der Waals surface area contributed by atoms with Gasteiger partial charge < -0.3 is 10.1 Å². The number of aromatic nitrogens is 3. The quantitative estimate of drug-likeness (QED) is 0.642. The molecule has 0 aliphatic heterocycles. The van der Waals surface area contributed by atoms with E-state index < -0.39 is 0 Å². The van der Waals surface area contributed by atoms with Gasteiger partial charge >= 0.3 is 5.97 Å². The fraction of sp³-hybridized carbons (Fsp3) is 0.429. The number of carbonyl (C=O) groups excluding carboxylic acids is 1. The first-order valence-corrected chi connectivity index (χ1v) is 6.66. The van der Waals surface area contributed by atoms with Gasteiger partial charge in [-0.25, -0.2) is 9.97 Å². The molecule has 2 aromatic heterocycles. The first-order chi connectivity index (χ1) is 9.65. The molecule has 0 aromatic carbocycles. The minimum absolute atomic E-state index is 0.0591.